The van der Waals surface area contributed by atoms with Gasteiger partial charge in [-0.3, -0.25) is 4.90 Å². The molecule has 0 amide bonds. The molecule has 6 heteroatoms. The molecule has 1 aliphatic rings. The molecule has 0 unspecified atom stereocenters. The topological polar surface area (TPSA) is 23.5 Å². The molecule has 1 aliphatic heterocycles. The van der Waals surface area contributed by atoms with E-state index >= 15 is 0 Å². The number of hydrogen-bond donors (Lipinski definition) is 1. The van der Waals surface area contributed by atoms with E-state index in [-0.39, 0.29) is 25.9 Å². The molecule has 1 aromatic carbocycles. The number of thioether (sulfide) groups is 1. The maximum Gasteiger partial charge on any atom is 0.417 e. The highest BCUT2D eigenvalue weighted by molar-refractivity contribution is 7.98. The fourth-order valence-electron chi connectivity index (χ4n) is 2.44. The molecule has 20 heavy (non-hydrogen) atoms. The summed E-state index contributed by atoms with van der Waals surface area (Å²) in [7, 11) is 0. The van der Waals surface area contributed by atoms with Crippen LogP contribution in [0.15, 0.2) is 29.2 Å². The van der Waals surface area contributed by atoms with Crippen molar-refractivity contribution in [3.63, 3.8) is 0 Å². The van der Waals surface area contributed by atoms with Crippen molar-refractivity contribution < 1.29 is 18.3 Å². The summed E-state index contributed by atoms with van der Waals surface area (Å²) >= 11 is 1.63. The Hall–Kier alpha value is -0.720. The Kier molecular flexibility index (Phi) is 4.66. The molecule has 1 heterocycles. The summed E-state index contributed by atoms with van der Waals surface area (Å²) < 4.78 is 38.2. The van der Waals surface area contributed by atoms with Crippen LogP contribution in [0.1, 0.15) is 18.4 Å². The standard InChI is InChI=1S/C14H18F3NOS/c1-20-12-5-3-2-4-11(12)10-18-8-6-13(19,7-9-18)14(15,16)17/h2-5,19H,6-10H2,1H3. The first-order valence-corrected chi connectivity index (χ1v) is 7.71. The lowest BCUT2D eigenvalue weighted by Crippen LogP contribution is -2.53. The molecule has 0 aromatic heterocycles. The van der Waals surface area contributed by atoms with Crippen LogP contribution in [0.25, 0.3) is 0 Å². The molecule has 0 spiro atoms. The zero-order chi connectivity index (χ0) is 14.8. The minimum atomic E-state index is -4.53. The first-order valence-electron chi connectivity index (χ1n) is 6.49. The number of aliphatic hydroxyl groups is 1. The van der Waals surface area contributed by atoms with Crippen LogP contribution in [0.5, 0.6) is 0 Å². The second-order valence-electron chi connectivity index (χ2n) is 5.12. The second kappa shape index (κ2) is 5.95. The van der Waals surface area contributed by atoms with E-state index < -0.39 is 11.8 Å². The van der Waals surface area contributed by atoms with Crippen LogP contribution in [0, 0.1) is 0 Å². The lowest BCUT2D eigenvalue weighted by molar-refractivity contribution is -0.272. The summed E-state index contributed by atoms with van der Waals surface area (Å²) in [4.78, 5) is 3.11. The predicted octanol–water partition coefficient (Wildman–Crippen LogP) is 3.30. The van der Waals surface area contributed by atoms with E-state index in [1.165, 1.54) is 0 Å². The molecule has 1 N–H and O–H groups in total. The van der Waals surface area contributed by atoms with Crippen molar-refractivity contribution in [1.29, 1.82) is 0 Å². The highest BCUT2D eigenvalue weighted by Gasteiger charge is 2.54. The number of nitrogens with zero attached hydrogens (tertiary/aromatic N) is 1. The molecule has 0 saturated carbocycles. The van der Waals surface area contributed by atoms with Gasteiger partial charge in [0.15, 0.2) is 5.60 Å². The van der Waals surface area contributed by atoms with Crippen LogP contribution in [0.2, 0.25) is 0 Å². The molecule has 0 aliphatic carbocycles. The Labute approximate surface area is 121 Å². The molecular weight excluding hydrogens is 287 g/mol. The average molecular weight is 305 g/mol. The molecule has 1 fully saturated rings. The van der Waals surface area contributed by atoms with Gasteiger partial charge in [-0.15, -0.1) is 11.8 Å². The minimum Gasteiger partial charge on any atom is -0.380 e. The van der Waals surface area contributed by atoms with Crippen LogP contribution >= 0.6 is 11.8 Å². The zero-order valence-electron chi connectivity index (χ0n) is 11.3. The van der Waals surface area contributed by atoms with E-state index in [0.717, 1.165) is 10.5 Å². The first kappa shape index (κ1) is 15.7. The molecule has 0 radical (unpaired) electrons. The first-order chi connectivity index (χ1) is 9.36. The fourth-order valence-corrected chi connectivity index (χ4v) is 3.05. The van der Waals surface area contributed by atoms with Crippen LogP contribution in [-0.2, 0) is 6.54 Å². The summed E-state index contributed by atoms with van der Waals surface area (Å²) in [5.41, 5.74) is -1.39. The summed E-state index contributed by atoms with van der Waals surface area (Å²) in [5.74, 6) is 0. The van der Waals surface area contributed by atoms with Crippen molar-refractivity contribution in [2.45, 2.75) is 36.1 Å². The SMILES string of the molecule is CSc1ccccc1CN1CCC(O)(C(F)(F)F)CC1. The molecule has 112 valence electrons. The summed E-state index contributed by atoms with van der Waals surface area (Å²) in [5, 5.41) is 9.64. The van der Waals surface area contributed by atoms with E-state index in [2.05, 4.69) is 0 Å². The van der Waals surface area contributed by atoms with Gasteiger partial charge in [0.05, 0.1) is 0 Å². The molecule has 1 saturated heterocycles. The van der Waals surface area contributed by atoms with Gasteiger partial charge in [0, 0.05) is 24.5 Å². The summed E-state index contributed by atoms with van der Waals surface area (Å²) in [6.07, 6.45) is -3.05. The Morgan fingerprint density at radius 3 is 2.40 bits per heavy atom. The van der Waals surface area contributed by atoms with Gasteiger partial charge < -0.3 is 5.11 Å². The number of hydrogen-bond acceptors (Lipinski definition) is 3. The third-order valence-electron chi connectivity index (χ3n) is 3.80. The lowest BCUT2D eigenvalue weighted by Gasteiger charge is -2.39. The molecule has 1 aromatic rings. The zero-order valence-corrected chi connectivity index (χ0v) is 12.1. The number of piperidine rings is 1. The van der Waals surface area contributed by atoms with Gasteiger partial charge in [0.25, 0.3) is 0 Å². The van der Waals surface area contributed by atoms with Crippen LogP contribution in [0.3, 0.4) is 0 Å². The smallest absolute Gasteiger partial charge is 0.380 e. The highest BCUT2D eigenvalue weighted by atomic mass is 32.2. The Bertz CT molecular complexity index is 456. The van der Waals surface area contributed by atoms with Gasteiger partial charge in [-0.1, -0.05) is 18.2 Å². The van der Waals surface area contributed by atoms with Gasteiger partial charge in [-0.25, -0.2) is 0 Å². The summed E-state index contributed by atoms with van der Waals surface area (Å²) in [6, 6.07) is 7.89. The fraction of sp³-hybridized carbons (Fsp3) is 0.571. The van der Waals surface area contributed by atoms with Crippen molar-refractivity contribution >= 4 is 11.8 Å². The quantitative estimate of drug-likeness (QED) is 0.867. The molecule has 0 bridgehead atoms. The van der Waals surface area contributed by atoms with Crippen LogP contribution in [-0.4, -0.2) is 41.1 Å². The normalized spacial score (nSPS) is 20.1. The predicted molar refractivity (Wildman–Crippen MR) is 73.7 cm³/mol. The number of benzene rings is 1. The number of rotatable bonds is 3. The minimum absolute atomic E-state index is 0.252. The highest BCUT2D eigenvalue weighted by Crippen LogP contribution is 2.38. The van der Waals surface area contributed by atoms with Crippen molar-refractivity contribution in [1.82, 2.24) is 4.90 Å². The molecule has 2 rings (SSSR count). The maximum absolute atomic E-state index is 12.7. The van der Waals surface area contributed by atoms with E-state index in [0.29, 0.717) is 6.54 Å². The van der Waals surface area contributed by atoms with E-state index in [9.17, 15) is 18.3 Å². The number of alkyl halides is 3. The molecule has 0 atom stereocenters. The van der Waals surface area contributed by atoms with Crippen molar-refractivity contribution in [3.05, 3.63) is 29.8 Å². The largest absolute Gasteiger partial charge is 0.417 e. The molecule has 2 nitrogen and oxygen atoms in total. The van der Waals surface area contributed by atoms with Gasteiger partial charge in [0.1, 0.15) is 0 Å². The Morgan fingerprint density at radius 1 is 1.25 bits per heavy atom. The van der Waals surface area contributed by atoms with Crippen molar-refractivity contribution in [2.24, 2.45) is 0 Å². The van der Waals surface area contributed by atoms with Crippen molar-refractivity contribution in [2.75, 3.05) is 19.3 Å². The van der Waals surface area contributed by atoms with Gasteiger partial charge in [0.2, 0.25) is 0 Å². The lowest BCUT2D eigenvalue weighted by atomic mass is 9.90. The third kappa shape index (κ3) is 3.30. The maximum atomic E-state index is 12.7. The monoisotopic (exact) mass is 305 g/mol. The van der Waals surface area contributed by atoms with Gasteiger partial charge >= 0.3 is 6.18 Å². The third-order valence-corrected chi connectivity index (χ3v) is 4.64. The van der Waals surface area contributed by atoms with Crippen LogP contribution < -0.4 is 0 Å². The second-order valence-corrected chi connectivity index (χ2v) is 5.97. The summed E-state index contributed by atoms with van der Waals surface area (Å²) in [6.45, 7) is 1.16. The van der Waals surface area contributed by atoms with Crippen LogP contribution in [0.4, 0.5) is 13.2 Å². The van der Waals surface area contributed by atoms with E-state index in [1.807, 2.05) is 35.4 Å². The Balaban J connectivity index is 1.98. The van der Waals surface area contributed by atoms with Crippen molar-refractivity contribution in [3.8, 4) is 0 Å². The van der Waals surface area contributed by atoms with E-state index in [4.69, 9.17) is 0 Å². The molecular formula is C14H18F3NOS. The number of halogens is 3. The van der Waals surface area contributed by atoms with E-state index in [1.54, 1.807) is 11.8 Å². The average Bonchev–Trinajstić information content (AvgIpc) is 2.41. The van der Waals surface area contributed by atoms with Gasteiger partial charge in [-0.2, -0.15) is 13.2 Å². The van der Waals surface area contributed by atoms with Gasteiger partial charge in [-0.05, 0) is 30.7 Å². The number of likely N-dealkylation sites (tertiary alicyclic amines) is 1. The Morgan fingerprint density at radius 2 is 1.85 bits per heavy atom.